The zero-order chi connectivity index (χ0) is 16.2. The second-order valence-electron chi connectivity index (χ2n) is 4.94. The van der Waals surface area contributed by atoms with Crippen LogP contribution in [-0.4, -0.2) is 27.1 Å². The molecule has 1 N–H and O–H groups in total. The van der Waals surface area contributed by atoms with Crippen molar-refractivity contribution in [1.82, 2.24) is 5.32 Å². The predicted octanol–water partition coefficient (Wildman–Crippen LogP) is 2.72. The third kappa shape index (κ3) is 4.58. The third-order valence-electron chi connectivity index (χ3n) is 3.11. The lowest BCUT2D eigenvalue weighted by atomic mass is 10.1. The van der Waals surface area contributed by atoms with Gasteiger partial charge in [-0.2, -0.15) is 0 Å². The predicted molar refractivity (Wildman–Crippen MR) is 87.0 cm³/mol. The molecule has 2 rings (SSSR count). The minimum Gasteiger partial charge on any atom is -0.352 e. The summed E-state index contributed by atoms with van der Waals surface area (Å²) in [6.45, 7) is 0.447. The third-order valence-corrected chi connectivity index (χ3v) is 4.46. The Kier molecular flexibility index (Phi) is 5.21. The molecule has 1 amide bonds. The molecule has 0 spiro atoms. The Balaban J connectivity index is 1.98. The van der Waals surface area contributed by atoms with Crippen LogP contribution in [0.4, 0.5) is 0 Å². The van der Waals surface area contributed by atoms with Crippen LogP contribution in [0.1, 0.15) is 15.9 Å². The summed E-state index contributed by atoms with van der Waals surface area (Å²) in [5, 5.41) is 3.43. The number of amides is 1. The quantitative estimate of drug-likeness (QED) is 0.912. The van der Waals surface area contributed by atoms with Gasteiger partial charge in [-0.05, 0) is 42.3 Å². The van der Waals surface area contributed by atoms with E-state index in [0.717, 1.165) is 11.8 Å². The van der Waals surface area contributed by atoms with Crippen LogP contribution in [0, 0.1) is 0 Å². The molecule has 0 unspecified atom stereocenters. The number of benzene rings is 2. The van der Waals surface area contributed by atoms with Crippen molar-refractivity contribution in [2.75, 3.05) is 12.8 Å². The number of hydrogen-bond donors (Lipinski definition) is 1. The molecule has 6 heteroatoms. The van der Waals surface area contributed by atoms with Gasteiger partial charge in [0.1, 0.15) is 0 Å². The van der Waals surface area contributed by atoms with Gasteiger partial charge in [0.2, 0.25) is 0 Å². The first-order valence-electron chi connectivity index (χ1n) is 6.69. The van der Waals surface area contributed by atoms with E-state index < -0.39 is 9.84 Å². The summed E-state index contributed by atoms with van der Waals surface area (Å²) in [6.07, 6.45) is 1.77. The number of nitrogens with one attached hydrogen (secondary N) is 1. The van der Waals surface area contributed by atoms with Crippen LogP contribution in [0.2, 0.25) is 5.02 Å². The molecule has 0 bridgehead atoms. The van der Waals surface area contributed by atoms with Crippen LogP contribution in [0.3, 0.4) is 0 Å². The van der Waals surface area contributed by atoms with E-state index in [-0.39, 0.29) is 10.8 Å². The highest BCUT2D eigenvalue weighted by Crippen LogP contribution is 2.12. The fraction of sp³-hybridized carbons (Fsp3) is 0.188. The Morgan fingerprint density at radius 2 is 1.86 bits per heavy atom. The standard InChI is InChI=1S/C16H16ClNO3S/c1-22(20,21)15-7-3-5-13(11-15)16(19)18-9-8-12-4-2-6-14(17)10-12/h2-7,10-11H,8-9H2,1H3,(H,18,19). The fourth-order valence-corrected chi connectivity index (χ4v) is 2.86. The summed E-state index contributed by atoms with van der Waals surface area (Å²) >= 11 is 5.90. The van der Waals surface area contributed by atoms with Crippen molar-refractivity contribution in [3.63, 3.8) is 0 Å². The van der Waals surface area contributed by atoms with Crippen LogP contribution in [0.25, 0.3) is 0 Å². The van der Waals surface area contributed by atoms with Gasteiger partial charge in [0.15, 0.2) is 9.84 Å². The zero-order valence-electron chi connectivity index (χ0n) is 12.0. The largest absolute Gasteiger partial charge is 0.352 e. The summed E-state index contributed by atoms with van der Waals surface area (Å²) in [5.74, 6) is -0.299. The Bertz CT molecular complexity index is 787. The van der Waals surface area contributed by atoms with E-state index in [0.29, 0.717) is 23.6 Å². The van der Waals surface area contributed by atoms with E-state index in [1.807, 2.05) is 18.2 Å². The minimum absolute atomic E-state index is 0.134. The van der Waals surface area contributed by atoms with Gasteiger partial charge in [-0.1, -0.05) is 29.8 Å². The van der Waals surface area contributed by atoms with Gasteiger partial charge < -0.3 is 5.32 Å². The summed E-state index contributed by atoms with van der Waals surface area (Å²) in [6, 6.07) is 13.4. The Morgan fingerprint density at radius 1 is 1.14 bits per heavy atom. The van der Waals surface area contributed by atoms with Crippen LogP contribution in [0.5, 0.6) is 0 Å². The first-order valence-corrected chi connectivity index (χ1v) is 8.96. The smallest absolute Gasteiger partial charge is 0.251 e. The van der Waals surface area contributed by atoms with Gasteiger partial charge in [0, 0.05) is 23.4 Å². The van der Waals surface area contributed by atoms with E-state index in [2.05, 4.69) is 5.32 Å². The van der Waals surface area contributed by atoms with Crippen molar-refractivity contribution in [1.29, 1.82) is 0 Å². The second-order valence-corrected chi connectivity index (χ2v) is 7.39. The maximum Gasteiger partial charge on any atom is 0.251 e. The number of rotatable bonds is 5. The monoisotopic (exact) mass is 337 g/mol. The zero-order valence-corrected chi connectivity index (χ0v) is 13.6. The van der Waals surface area contributed by atoms with Gasteiger partial charge in [0.05, 0.1) is 4.90 Å². The van der Waals surface area contributed by atoms with Crippen LogP contribution in [0.15, 0.2) is 53.4 Å². The number of carbonyl (C=O) groups is 1. The van der Waals surface area contributed by atoms with E-state index in [4.69, 9.17) is 11.6 Å². The average molecular weight is 338 g/mol. The van der Waals surface area contributed by atoms with Crippen molar-refractivity contribution in [2.45, 2.75) is 11.3 Å². The SMILES string of the molecule is CS(=O)(=O)c1cccc(C(=O)NCCc2cccc(Cl)c2)c1. The molecular weight excluding hydrogens is 322 g/mol. The molecule has 2 aromatic rings. The van der Waals surface area contributed by atoms with E-state index >= 15 is 0 Å². The maximum atomic E-state index is 12.0. The van der Waals surface area contributed by atoms with Gasteiger partial charge in [-0.3, -0.25) is 4.79 Å². The molecule has 0 aliphatic heterocycles. The lowest BCUT2D eigenvalue weighted by molar-refractivity contribution is 0.0954. The minimum atomic E-state index is -3.32. The number of carbonyl (C=O) groups excluding carboxylic acids is 1. The van der Waals surface area contributed by atoms with Crippen molar-refractivity contribution < 1.29 is 13.2 Å². The molecule has 4 nitrogen and oxygen atoms in total. The van der Waals surface area contributed by atoms with Gasteiger partial charge in [-0.25, -0.2) is 8.42 Å². The lowest BCUT2D eigenvalue weighted by Gasteiger charge is -2.07. The molecule has 0 fully saturated rings. The van der Waals surface area contributed by atoms with E-state index in [1.165, 1.54) is 12.1 Å². The molecule has 2 aromatic carbocycles. The summed E-state index contributed by atoms with van der Waals surface area (Å²) in [5.41, 5.74) is 1.35. The molecule has 0 radical (unpaired) electrons. The maximum absolute atomic E-state index is 12.0. The molecule has 22 heavy (non-hydrogen) atoms. The van der Waals surface area contributed by atoms with E-state index in [1.54, 1.807) is 18.2 Å². The molecule has 0 atom stereocenters. The summed E-state index contributed by atoms with van der Waals surface area (Å²) in [4.78, 5) is 12.2. The van der Waals surface area contributed by atoms with Crippen molar-refractivity contribution in [3.05, 3.63) is 64.7 Å². The Hall–Kier alpha value is -1.85. The highest BCUT2D eigenvalue weighted by atomic mass is 35.5. The number of halogens is 1. The van der Waals surface area contributed by atoms with Crippen molar-refractivity contribution in [2.24, 2.45) is 0 Å². The Labute approximate surface area is 135 Å². The highest BCUT2D eigenvalue weighted by molar-refractivity contribution is 7.90. The fourth-order valence-electron chi connectivity index (χ4n) is 1.98. The van der Waals surface area contributed by atoms with Crippen molar-refractivity contribution >= 4 is 27.3 Å². The van der Waals surface area contributed by atoms with Gasteiger partial charge in [-0.15, -0.1) is 0 Å². The number of sulfone groups is 1. The first kappa shape index (κ1) is 16.5. The van der Waals surface area contributed by atoms with Crippen LogP contribution < -0.4 is 5.32 Å². The molecular formula is C16H16ClNO3S. The molecule has 116 valence electrons. The normalized spacial score (nSPS) is 11.2. The molecule has 0 aliphatic carbocycles. The second kappa shape index (κ2) is 6.94. The molecule has 0 saturated heterocycles. The first-order chi connectivity index (χ1) is 10.4. The van der Waals surface area contributed by atoms with Gasteiger partial charge in [0.25, 0.3) is 5.91 Å². The molecule has 0 aromatic heterocycles. The van der Waals surface area contributed by atoms with Crippen molar-refractivity contribution in [3.8, 4) is 0 Å². The Morgan fingerprint density at radius 3 is 2.55 bits per heavy atom. The van der Waals surface area contributed by atoms with Crippen LogP contribution in [-0.2, 0) is 16.3 Å². The molecule has 0 aliphatic rings. The average Bonchev–Trinajstić information content (AvgIpc) is 2.46. The van der Waals surface area contributed by atoms with E-state index in [9.17, 15) is 13.2 Å². The molecule has 0 heterocycles. The van der Waals surface area contributed by atoms with Gasteiger partial charge >= 0.3 is 0 Å². The molecule has 0 saturated carbocycles. The lowest BCUT2D eigenvalue weighted by Crippen LogP contribution is -2.25. The number of hydrogen-bond acceptors (Lipinski definition) is 3. The highest BCUT2D eigenvalue weighted by Gasteiger charge is 2.11. The van der Waals surface area contributed by atoms with Crippen LogP contribution >= 0.6 is 11.6 Å². The summed E-state index contributed by atoms with van der Waals surface area (Å²) in [7, 11) is -3.32. The summed E-state index contributed by atoms with van der Waals surface area (Å²) < 4.78 is 23.0. The topological polar surface area (TPSA) is 63.2 Å².